The summed E-state index contributed by atoms with van der Waals surface area (Å²) in [6.07, 6.45) is 3.07. The number of benzene rings is 2. The average Bonchev–Trinajstić information content (AvgIpc) is 3.01. The molecule has 1 N–H and O–H groups in total. The van der Waals surface area contributed by atoms with Crippen molar-refractivity contribution in [1.82, 2.24) is 4.98 Å². The van der Waals surface area contributed by atoms with Crippen LogP contribution in [0.25, 0.3) is 17.3 Å². The maximum atomic E-state index is 12.9. The summed E-state index contributed by atoms with van der Waals surface area (Å²) in [6, 6.07) is 13.5. The van der Waals surface area contributed by atoms with E-state index in [1.165, 1.54) is 18.2 Å². The minimum absolute atomic E-state index is 0.251. The largest absolute Gasteiger partial charge is 0.322 e. The van der Waals surface area contributed by atoms with Gasteiger partial charge in [0.2, 0.25) is 5.91 Å². The molecule has 0 aliphatic rings. The maximum absolute atomic E-state index is 12.9. The first-order chi connectivity index (χ1) is 11.6. The number of carbonyl (C=O) groups is 1. The van der Waals surface area contributed by atoms with Gasteiger partial charge < -0.3 is 5.32 Å². The summed E-state index contributed by atoms with van der Waals surface area (Å²) in [4.78, 5) is 16.6. The molecule has 1 amide bonds. The van der Waals surface area contributed by atoms with Crippen LogP contribution in [0.2, 0.25) is 0 Å². The second-order valence-electron chi connectivity index (χ2n) is 5.17. The van der Waals surface area contributed by atoms with Gasteiger partial charge in [0.15, 0.2) is 0 Å². The van der Waals surface area contributed by atoms with Crippen LogP contribution >= 0.6 is 11.3 Å². The van der Waals surface area contributed by atoms with Gasteiger partial charge in [-0.15, -0.1) is 11.3 Å². The molecule has 2 aromatic carbocycles. The van der Waals surface area contributed by atoms with Crippen LogP contribution in [0.4, 0.5) is 10.1 Å². The number of thiazole rings is 1. The van der Waals surface area contributed by atoms with E-state index in [2.05, 4.69) is 10.3 Å². The van der Waals surface area contributed by atoms with Crippen molar-refractivity contribution in [3.63, 3.8) is 0 Å². The standard InChI is InChI=1S/C19H15FN2OS/c1-13-21-18(12-24-13)16-4-2-3-5-17(16)22-19(23)11-8-14-6-9-15(20)10-7-14/h2-12H,1H3,(H,22,23). The molecule has 24 heavy (non-hydrogen) atoms. The van der Waals surface area contributed by atoms with Crippen molar-refractivity contribution in [2.45, 2.75) is 6.92 Å². The zero-order valence-electron chi connectivity index (χ0n) is 13.0. The first kappa shape index (κ1) is 16.1. The lowest BCUT2D eigenvalue weighted by molar-refractivity contribution is -0.111. The Morgan fingerprint density at radius 3 is 2.62 bits per heavy atom. The third-order valence-electron chi connectivity index (χ3n) is 3.38. The number of nitrogens with zero attached hydrogens (tertiary/aromatic N) is 1. The van der Waals surface area contributed by atoms with Crippen LogP contribution in [-0.4, -0.2) is 10.9 Å². The maximum Gasteiger partial charge on any atom is 0.248 e. The Labute approximate surface area is 143 Å². The normalized spacial score (nSPS) is 10.9. The smallest absolute Gasteiger partial charge is 0.248 e. The third-order valence-corrected chi connectivity index (χ3v) is 4.15. The van der Waals surface area contributed by atoms with Gasteiger partial charge in [-0.25, -0.2) is 9.37 Å². The molecule has 5 heteroatoms. The Kier molecular flexibility index (Phi) is 4.82. The molecule has 0 aliphatic heterocycles. The first-order valence-corrected chi connectivity index (χ1v) is 8.26. The van der Waals surface area contributed by atoms with Crippen molar-refractivity contribution < 1.29 is 9.18 Å². The van der Waals surface area contributed by atoms with E-state index in [1.807, 2.05) is 36.6 Å². The van der Waals surface area contributed by atoms with Gasteiger partial charge in [-0.2, -0.15) is 0 Å². The van der Waals surface area contributed by atoms with E-state index in [0.717, 1.165) is 21.8 Å². The van der Waals surface area contributed by atoms with E-state index in [9.17, 15) is 9.18 Å². The fourth-order valence-electron chi connectivity index (χ4n) is 2.22. The summed E-state index contributed by atoms with van der Waals surface area (Å²) in [5.74, 6) is -0.553. The molecule has 3 aromatic rings. The third kappa shape index (κ3) is 3.94. The van der Waals surface area contributed by atoms with Gasteiger partial charge in [-0.1, -0.05) is 30.3 Å². The summed E-state index contributed by atoms with van der Waals surface area (Å²) in [5.41, 5.74) is 3.19. The number of aromatic nitrogens is 1. The van der Waals surface area contributed by atoms with E-state index in [1.54, 1.807) is 29.5 Å². The average molecular weight is 338 g/mol. The van der Waals surface area contributed by atoms with Gasteiger partial charge in [0.05, 0.1) is 16.4 Å². The highest BCUT2D eigenvalue weighted by Crippen LogP contribution is 2.28. The predicted octanol–water partition coefficient (Wildman–Crippen LogP) is 4.91. The number of rotatable bonds is 4. The molecule has 0 aliphatic carbocycles. The highest BCUT2D eigenvalue weighted by molar-refractivity contribution is 7.09. The van der Waals surface area contributed by atoms with E-state index in [0.29, 0.717) is 5.69 Å². The van der Waals surface area contributed by atoms with Gasteiger partial charge in [0.25, 0.3) is 0 Å². The van der Waals surface area contributed by atoms with Crippen LogP contribution in [0.15, 0.2) is 60.0 Å². The van der Waals surface area contributed by atoms with E-state index in [4.69, 9.17) is 0 Å². The molecule has 120 valence electrons. The highest BCUT2D eigenvalue weighted by atomic mass is 32.1. The lowest BCUT2D eigenvalue weighted by atomic mass is 10.1. The SMILES string of the molecule is Cc1nc(-c2ccccc2NC(=O)C=Cc2ccc(F)cc2)cs1. The molecule has 1 heterocycles. The van der Waals surface area contributed by atoms with Gasteiger partial charge in [-0.3, -0.25) is 4.79 Å². The monoisotopic (exact) mass is 338 g/mol. The Balaban J connectivity index is 1.76. The van der Waals surface area contributed by atoms with Crippen LogP contribution in [0.5, 0.6) is 0 Å². The fourth-order valence-corrected chi connectivity index (χ4v) is 2.84. The number of anilines is 1. The number of nitrogens with one attached hydrogen (secondary N) is 1. The molecule has 0 saturated carbocycles. The molecular formula is C19H15FN2OS. The number of halogens is 1. The summed E-state index contributed by atoms with van der Waals surface area (Å²) in [6.45, 7) is 1.95. The van der Waals surface area contributed by atoms with Gasteiger partial charge in [-0.05, 0) is 36.8 Å². The Hall–Kier alpha value is -2.79. The molecule has 0 spiro atoms. The number of hydrogen-bond donors (Lipinski definition) is 1. The molecule has 0 bridgehead atoms. The predicted molar refractivity (Wildman–Crippen MR) is 96.4 cm³/mol. The van der Waals surface area contributed by atoms with E-state index < -0.39 is 0 Å². The Morgan fingerprint density at radius 1 is 1.17 bits per heavy atom. The molecule has 0 unspecified atom stereocenters. The number of hydrogen-bond acceptors (Lipinski definition) is 3. The summed E-state index contributed by atoms with van der Waals surface area (Å²) in [7, 11) is 0. The van der Waals surface area contributed by atoms with Crippen LogP contribution in [0.3, 0.4) is 0 Å². The van der Waals surface area contributed by atoms with E-state index >= 15 is 0 Å². The first-order valence-electron chi connectivity index (χ1n) is 7.38. The lowest BCUT2D eigenvalue weighted by Crippen LogP contribution is -2.08. The summed E-state index contributed by atoms with van der Waals surface area (Å²) >= 11 is 1.57. The number of amides is 1. The van der Waals surface area contributed by atoms with Gasteiger partial charge >= 0.3 is 0 Å². The van der Waals surface area contributed by atoms with Crippen molar-refractivity contribution >= 4 is 29.0 Å². The van der Waals surface area contributed by atoms with Crippen molar-refractivity contribution in [3.8, 4) is 11.3 Å². The summed E-state index contributed by atoms with van der Waals surface area (Å²) < 4.78 is 12.9. The second kappa shape index (κ2) is 7.19. The topological polar surface area (TPSA) is 42.0 Å². The minimum Gasteiger partial charge on any atom is -0.322 e. The molecule has 0 saturated heterocycles. The van der Waals surface area contributed by atoms with Gasteiger partial charge in [0, 0.05) is 17.0 Å². The highest BCUT2D eigenvalue weighted by Gasteiger charge is 2.09. The summed E-state index contributed by atoms with van der Waals surface area (Å²) in [5, 5.41) is 5.81. The molecule has 0 atom stereocenters. The molecular weight excluding hydrogens is 323 g/mol. The Morgan fingerprint density at radius 2 is 1.92 bits per heavy atom. The van der Waals surface area contributed by atoms with Crippen molar-refractivity contribution in [1.29, 1.82) is 0 Å². The number of carbonyl (C=O) groups excluding carboxylic acids is 1. The molecule has 0 fully saturated rings. The van der Waals surface area contributed by atoms with Crippen molar-refractivity contribution in [2.75, 3.05) is 5.32 Å². The molecule has 0 radical (unpaired) electrons. The lowest BCUT2D eigenvalue weighted by Gasteiger charge is -2.07. The molecule has 3 rings (SSSR count). The van der Waals surface area contributed by atoms with E-state index in [-0.39, 0.29) is 11.7 Å². The quantitative estimate of drug-likeness (QED) is 0.687. The van der Waals surface area contributed by atoms with Crippen LogP contribution in [-0.2, 0) is 4.79 Å². The van der Waals surface area contributed by atoms with Crippen LogP contribution < -0.4 is 5.32 Å². The fraction of sp³-hybridized carbons (Fsp3) is 0.0526. The van der Waals surface area contributed by atoms with Crippen LogP contribution in [0.1, 0.15) is 10.6 Å². The molecule has 1 aromatic heterocycles. The van der Waals surface area contributed by atoms with Crippen molar-refractivity contribution in [3.05, 3.63) is 76.4 Å². The zero-order valence-corrected chi connectivity index (χ0v) is 13.8. The zero-order chi connectivity index (χ0) is 16.9. The minimum atomic E-state index is -0.302. The van der Waals surface area contributed by atoms with Gasteiger partial charge in [0.1, 0.15) is 5.82 Å². The van der Waals surface area contributed by atoms with Crippen molar-refractivity contribution in [2.24, 2.45) is 0 Å². The number of para-hydroxylation sites is 1. The Bertz CT molecular complexity index is 884. The van der Waals surface area contributed by atoms with Crippen LogP contribution in [0, 0.1) is 12.7 Å². The second-order valence-corrected chi connectivity index (χ2v) is 6.23. The number of aryl methyl sites for hydroxylation is 1. The molecule has 3 nitrogen and oxygen atoms in total.